The van der Waals surface area contributed by atoms with Crippen LogP contribution in [0.25, 0.3) is 0 Å². The number of unbranched alkanes of at least 4 members (excludes halogenated alkanes) is 42. The van der Waals surface area contributed by atoms with Gasteiger partial charge in [0.25, 0.3) is 0 Å². The van der Waals surface area contributed by atoms with Gasteiger partial charge in [-0.05, 0) is 51.4 Å². The first-order chi connectivity index (χ1) is 32.0. The summed E-state index contributed by atoms with van der Waals surface area (Å²) in [6.07, 6.45) is 64.9. The van der Waals surface area contributed by atoms with Crippen LogP contribution in [0.3, 0.4) is 0 Å². The average Bonchev–Trinajstić information content (AvgIpc) is 3.31. The number of rotatable bonds is 55. The molecule has 0 rings (SSSR count). The predicted octanol–water partition coefficient (Wildman–Crippen LogP) is 18.1. The number of aliphatic hydroxyl groups excluding tert-OH is 2. The summed E-state index contributed by atoms with van der Waals surface area (Å²) in [4.78, 5) is 24.5. The maximum atomic E-state index is 12.4. The number of hydrogen-bond acceptors (Lipinski definition) is 5. The Morgan fingerprint density at radius 2 is 0.723 bits per heavy atom. The van der Waals surface area contributed by atoms with Crippen molar-refractivity contribution in [2.24, 2.45) is 0 Å². The Balaban J connectivity index is 3.39. The summed E-state index contributed by atoms with van der Waals surface area (Å²) >= 11 is 0. The molecule has 0 bridgehead atoms. The summed E-state index contributed by atoms with van der Waals surface area (Å²) in [5.41, 5.74) is 0. The Kier molecular flexibility index (Phi) is 54.0. The number of nitrogens with one attached hydrogen (secondary N) is 1. The van der Waals surface area contributed by atoms with Crippen LogP contribution in [0.2, 0.25) is 0 Å². The lowest BCUT2D eigenvalue weighted by molar-refractivity contribution is -0.143. The van der Waals surface area contributed by atoms with Crippen molar-refractivity contribution in [2.45, 2.75) is 341 Å². The van der Waals surface area contributed by atoms with Crippen molar-refractivity contribution in [3.63, 3.8) is 0 Å². The monoisotopic (exact) mass is 918 g/mol. The smallest absolute Gasteiger partial charge is 0.305 e. The van der Waals surface area contributed by atoms with E-state index in [9.17, 15) is 19.8 Å². The first-order valence-electron chi connectivity index (χ1n) is 29.4. The summed E-state index contributed by atoms with van der Waals surface area (Å²) in [5.74, 6) is -0.0305. The molecule has 65 heavy (non-hydrogen) atoms. The minimum absolute atomic E-state index is 0.0115. The molecule has 0 aliphatic heterocycles. The van der Waals surface area contributed by atoms with Crippen LogP contribution in [-0.2, 0) is 14.3 Å². The number of amides is 1. The zero-order valence-electron chi connectivity index (χ0n) is 44.0. The highest BCUT2D eigenvalue weighted by molar-refractivity contribution is 5.76. The molecule has 0 aliphatic carbocycles. The second kappa shape index (κ2) is 55.2. The Morgan fingerprint density at radius 3 is 1.09 bits per heavy atom. The van der Waals surface area contributed by atoms with Crippen LogP contribution >= 0.6 is 0 Å². The van der Waals surface area contributed by atoms with Gasteiger partial charge < -0.3 is 20.3 Å². The highest BCUT2D eigenvalue weighted by Gasteiger charge is 2.20. The largest absolute Gasteiger partial charge is 0.466 e. The fraction of sp³-hybridized carbons (Fsp3) is 0.932. The van der Waals surface area contributed by atoms with Crippen molar-refractivity contribution in [2.75, 3.05) is 13.2 Å². The van der Waals surface area contributed by atoms with E-state index in [4.69, 9.17) is 4.74 Å². The van der Waals surface area contributed by atoms with Gasteiger partial charge in [0.15, 0.2) is 0 Å². The van der Waals surface area contributed by atoms with E-state index in [0.29, 0.717) is 25.9 Å². The topological polar surface area (TPSA) is 95.9 Å². The van der Waals surface area contributed by atoms with Gasteiger partial charge in [-0.3, -0.25) is 9.59 Å². The van der Waals surface area contributed by atoms with E-state index in [1.54, 1.807) is 0 Å². The third-order valence-corrected chi connectivity index (χ3v) is 13.8. The second-order valence-corrected chi connectivity index (χ2v) is 20.3. The van der Waals surface area contributed by atoms with Crippen LogP contribution < -0.4 is 5.32 Å². The maximum absolute atomic E-state index is 12.4. The quantitative estimate of drug-likeness (QED) is 0.0321. The van der Waals surface area contributed by atoms with E-state index in [2.05, 4.69) is 31.3 Å². The lowest BCUT2D eigenvalue weighted by Gasteiger charge is -2.22. The first-order valence-corrected chi connectivity index (χ1v) is 29.4. The van der Waals surface area contributed by atoms with E-state index in [1.165, 1.54) is 257 Å². The van der Waals surface area contributed by atoms with Crippen LogP contribution in [0, 0.1) is 0 Å². The molecule has 0 aromatic rings. The summed E-state index contributed by atoms with van der Waals surface area (Å²) in [6, 6.07) is -0.545. The molecule has 2 atom stereocenters. The molecule has 0 aliphatic rings. The SMILES string of the molecule is CCCCCCCCCCCCCCCCCC(=O)OCCCCCCCCCCCC/C=C\CCCCCCCCCC(=O)NC(CO)C(O)CCCCCCCCCCCCCC. The number of aliphatic hydroxyl groups is 2. The Labute approximate surface area is 406 Å². The van der Waals surface area contributed by atoms with Crippen molar-refractivity contribution in [1.29, 1.82) is 0 Å². The third kappa shape index (κ3) is 51.8. The van der Waals surface area contributed by atoms with Gasteiger partial charge in [0.2, 0.25) is 5.91 Å². The molecule has 2 unspecified atom stereocenters. The van der Waals surface area contributed by atoms with E-state index >= 15 is 0 Å². The van der Waals surface area contributed by atoms with Crippen LogP contribution in [0.5, 0.6) is 0 Å². The van der Waals surface area contributed by atoms with Crippen LogP contribution in [0.1, 0.15) is 328 Å². The van der Waals surface area contributed by atoms with E-state index < -0.39 is 12.1 Å². The van der Waals surface area contributed by atoms with E-state index in [1.807, 2.05) is 0 Å². The summed E-state index contributed by atoms with van der Waals surface area (Å²) in [5, 5.41) is 23.2. The zero-order valence-corrected chi connectivity index (χ0v) is 44.0. The maximum Gasteiger partial charge on any atom is 0.305 e. The average molecular weight is 919 g/mol. The van der Waals surface area contributed by atoms with Gasteiger partial charge in [-0.2, -0.15) is 0 Å². The minimum Gasteiger partial charge on any atom is -0.466 e. The standard InChI is InChI=1S/C59H115NO5/c1-3-5-7-9-11-13-15-17-25-29-33-37-41-45-49-53-59(64)65-54-50-46-42-38-34-30-27-24-22-20-18-19-21-23-26-28-32-36-40-44-48-52-58(63)60-56(55-61)57(62)51-47-43-39-35-31-16-14-12-10-8-6-4-2/h19,21,56-57,61-62H,3-18,20,22-55H2,1-2H3,(H,60,63)/b21-19-. The molecular weight excluding hydrogens is 803 g/mol. The second-order valence-electron chi connectivity index (χ2n) is 20.3. The first kappa shape index (κ1) is 63.6. The summed E-state index contributed by atoms with van der Waals surface area (Å²) in [6.45, 7) is 4.96. The fourth-order valence-corrected chi connectivity index (χ4v) is 9.28. The van der Waals surface area contributed by atoms with Crippen LogP contribution in [0.4, 0.5) is 0 Å². The Morgan fingerprint density at radius 1 is 0.415 bits per heavy atom. The Bertz CT molecular complexity index is 970. The van der Waals surface area contributed by atoms with Crippen molar-refractivity contribution >= 4 is 11.9 Å². The number of ether oxygens (including phenoxy) is 1. The Hall–Kier alpha value is -1.40. The summed E-state index contributed by atoms with van der Waals surface area (Å²) in [7, 11) is 0. The lowest BCUT2D eigenvalue weighted by atomic mass is 10.0. The highest BCUT2D eigenvalue weighted by Crippen LogP contribution is 2.17. The van der Waals surface area contributed by atoms with Crippen molar-refractivity contribution in [3.05, 3.63) is 12.2 Å². The molecule has 0 aromatic carbocycles. The van der Waals surface area contributed by atoms with Gasteiger partial charge in [-0.15, -0.1) is 0 Å². The van der Waals surface area contributed by atoms with Gasteiger partial charge in [0.1, 0.15) is 0 Å². The summed E-state index contributed by atoms with van der Waals surface area (Å²) < 4.78 is 5.48. The third-order valence-electron chi connectivity index (χ3n) is 13.8. The number of esters is 1. The van der Waals surface area contributed by atoms with E-state index in [0.717, 1.165) is 38.5 Å². The minimum atomic E-state index is -0.667. The number of hydrogen-bond donors (Lipinski definition) is 3. The van der Waals surface area contributed by atoms with Gasteiger partial charge in [-0.25, -0.2) is 0 Å². The van der Waals surface area contributed by atoms with Gasteiger partial charge in [0.05, 0.1) is 25.4 Å². The van der Waals surface area contributed by atoms with Crippen molar-refractivity contribution < 1.29 is 24.5 Å². The van der Waals surface area contributed by atoms with Gasteiger partial charge in [-0.1, -0.05) is 276 Å². The molecular formula is C59H115NO5. The highest BCUT2D eigenvalue weighted by atomic mass is 16.5. The lowest BCUT2D eigenvalue weighted by Crippen LogP contribution is -2.45. The molecule has 0 spiro atoms. The zero-order chi connectivity index (χ0) is 47.2. The molecule has 6 nitrogen and oxygen atoms in total. The van der Waals surface area contributed by atoms with Gasteiger partial charge >= 0.3 is 5.97 Å². The molecule has 0 saturated carbocycles. The molecule has 6 heteroatoms. The number of carbonyl (C=O) groups is 2. The molecule has 0 heterocycles. The molecule has 3 N–H and O–H groups in total. The normalized spacial score (nSPS) is 12.6. The van der Waals surface area contributed by atoms with Crippen molar-refractivity contribution in [3.8, 4) is 0 Å². The molecule has 0 radical (unpaired) electrons. The molecule has 0 saturated heterocycles. The molecule has 0 aromatic heterocycles. The van der Waals surface area contributed by atoms with Crippen LogP contribution in [0.15, 0.2) is 12.2 Å². The molecule has 386 valence electrons. The number of allylic oxidation sites excluding steroid dienone is 2. The van der Waals surface area contributed by atoms with Gasteiger partial charge in [0, 0.05) is 12.8 Å². The molecule has 0 fully saturated rings. The van der Waals surface area contributed by atoms with Crippen LogP contribution in [-0.4, -0.2) is 47.4 Å². The van der Waals surface area contributed by atoms with E-state index in [-0.39, 0.29) is 18.5 Å². The van der Waals surface area contributed by atoms with Crippen molar-refractivity contribution in [1.82, 2.24) is 5.32 Å². The fourth-order valence-electron chi connectivity index (χ4n) is 9.28. The number of carbonyl (C=O) groups excluding carboxylic acids is 2. The molecule has 1 amide bonds. The predicted molar refractivity (Wildman–Crippen MR) is 283 cm³/mol.